The second-order valence-electron chi connectivity index (χ2n) is 4.31. The zero-order chi connectivity index (χ0) is 16.1. The second-order valence-corrected chi connectivity index (χ2v) is 4.72. The number of benzene rings is 2. The number of carboxylic acid groups (broad SMARTS) is 1. The van der Waals surface area contributed by atoms with Gasteiger partial charge < -0.3 is 15.5 Å². The van der Waals surface area contributed by atoms with Gasteiger partial charge in [0.2, 0.25) is 0 Å². The van der Waals surface area contributed by atoms with Crippen LogP contribution < -0.4 is 10.6 Å². The Morgan fingerprint density at radius 2 is 1.73 bits per heavy atom. The highest BCUT2D eigenvalue weighted by Gasteiger charge is 2.12. The van der Waals surface area contributed by atoms with E-state index in [9.17, 15) is 14.7 Å². The maximum absolute atomic E-state index is 11.9. The molecular formula is C15H12N2O4S. The Labute approximate surface area is 131 Å². The van der Waals surface area contributed by atoms with Crippen LogP contribution >= 0.6 is 12.2 Å². The number of aromatic hydroxyl groups is 1. The van der Waals surface area contributed by atoms with Gasteiger partial charge >= 0.3 is 5.97 Å². The summed E-state index contributed by atoms with van der Waals surface area (Å²) in [4.78, 5) is 22.8. The van der Waals surface area contributed by atoms with Crippen LogP contribution in [0, 0.1) is 0 Å². The van der Waals surface area contributed by atoms with E-state index in [2.05, 4.69) is 10.6 Å². The summed E-state index contributed by atoms with van der Waals surface area (Å²) in [7, 11) is 0. The molecule has 0 aliphatic heterocycles. The minimum absolute atomic E-state index is 0.0240. The summed E-state index contributed by atoms with van der Waals surface area (Å²) in [6, 6.07) is 12.4. The molecule has 2 aromatic carbocycles. The number of rotatable bonds is 3. The molecule has 0 heterocycles. The van der Waals surface area contributed by atoms with Gasteiger partial charge in [0, 0.05) is 11.3 Å². The number of amides is 1. The number of carboxylic acids is 1. The number of thiocarbonyl (C=S) groups is 1. The Kier molecular flexibility index (Phi) is 4.70. The first-order valence-corrected chi connectivity index (χ1v) is 6.62. The number of aromatic carboxylic acids is 1. The smallest absolute Gasteiger partial charge is 0.339 e. The van der Waals surface area contributed by atoms with Crippen molar-refractivity contribution in [3.05, 3.63) is 59.7 Å². The third-order valence-electron chi connectivity index (χ3n) is 2.75. The zero-order valence-corrected chi connectivity index (χ0v) is 12.1. The van der Waals surface area contributed by atoms with E-state index in [1.807, 2.05) is 0 Å². The van der Waals surface area contributed by atoms with E-state index in [0.717, 1.165) is 0 Å². The lowest BCUT2D eigenvalue weighted by Crippen LogP contribution is -2.34. The third kappa shape index (κ3) is 3.80. The SMILES string of the molecule is O=C(NC(=S)Nc1ccc(O)c(C(=O)O)c1)c1ccccc1. The van der Waals surface area contributed by atoms with E-state index in [0.29, 0.717) is 11.3 Å². The van der Waals surface area contributed by atoms with E-state index >= 15 is 0 Å². The first-order chi connectivity index (χ1) is 10.5. The fourth-order valence-corrected chi connectivity index (χ4v) is 1.92. The van der Waals surface area contributed by atoms with Gasteiger partial charge in [-0.25, -0.2) is 4.79 Å². The largest absolute Gasteiger partial charge is 0.507 e. The first-order valence-electron chi connectivity index (χ1n) is 6.21. The number of hydrogen-bond acceptors (Lipinski definition) is 4. The molecule has 7 heteroatoms. The zero-order valence-electron chi connectivity index (χ0n) is 11.2. The second kappa shape index (κ2) is 6.68. The van der Waals surface area contributed by atoms with E-state index in [-0.39, 0.29) is 22.3 Å². The van der Waals surface area contributed by atoms with Crippen molar-refractivity contribution in [1.29, 1.82) is 0 Å². The number of carbonyl (C=O) groups is 2. The van der Waals surface area contributed by atoms with Crippen LogP contribution in [-0.4, -0.2) is 27.2 Å². The third-order valence-corrected chi connectivity index (χ3v) is 2.95. The van der Waals surface area contributed by atoms with Crippen molar-refractivity contribution in [3.8, 4) is 5.75 Å². The van der Waals surface area contributed by atoms with Gasteiger partial charge in [0.1, 0.15) is 11.3 Å². The maximum Gasteiger partial charge on any atom is 0.339 e. The minimum atomic E-state index is -1.26. The molecule has 1 amide bonds. The van der Waals surface area contributed by atoms with Crippen LogP contribution in [0.4, 0.5) is 5.69 Å². The highest BCUT2D eigenvalue weighted by molar-refractivity contribution is 7.80. The molecule has 0 saturated heterocycles. The van der Waals surface area contributed by atoms with Crippen molar-refractivity contribution < 1.29 is 19.8 Å². The lowest BCUT2D eigenvalue weighted by molar-refractivity contribution is 0.0693. The van der Waals surface area contributed by atoms with Gasteiger partial charge in [-0.3, -0.25) is 10.1 Å². The quantitative estimate of drug-likeness (QED) is 0.512. The molecule has 0 aliphatic carbocycles. The Morgan fingerprint density at radius 3 is 2.36 bits per heavy atom. The molecule has 22 heavy (non-hydrogen) atoms. The topological polar surface area (TPSA) is 98.7 Å². The lowest BCUT2D eigenvalue weighted by atomic mass is 10.2. The van der Waals surface area contributed by atoms with Gasteiger partial charge in [-0.05, 0) is 42.5 Å². The van der Waals surface area contributed by atoms with Crippen molar-refractivity contribution in [3.63, 3.8) is 0 Å². The van der Waals surface area contributed by atoms with Gasteiger partial charge in [0.05, 0.1) is 0 Å². The molecule has 0 saturated carbocycles. The Hall–Kier alpha value is -2.93. The number of hydrogen-bond donors (Lipinski definition) is 4. The molecule has 0 spiro atoms. The summed E-state index contributed by atoms with van der Waals surface area (Å²) in [5, 5.41) is 23.5. The lowest BCUT2D eigenvalue weighted by Gasteiger charge is -2.10. The molecule has 2 rings (SSSR count). The summed E-state index contributed by atoms with van der Waals surface area (Å²) in [5.41, 5.74) is 0.527. The average molecular weight is 316 g/mol. The van der Waals surface area contributed by atoms with Crippen molar-refractivity contribution >= 4 is 34.9 Å². The molecule has 0 aliphatic rings. The molecule has 2 aromatic rings. The molecule has 112 valence electrons. The Morgan fingerprint density at radius 1 is 1.05 bits per heavy atom. The Balaban J connectivity index is 2.05. The van der Waals surface area contributed by atoms with Crippen LogP contribution in [0.3, 0.4) is 0 Å². The molecule has 0 unspecified atom stereocenters. The highest BCUT2D eigenvalue weighted by atomic mass is 32.1. The van der Waals surface area contributed by atoms with Gasteiger partial charge in [-0.15, -0.1) is 0 Å². The van der Waals surface area contributed by atoms with Gasteiger partial charge in [-0.2, -0.15) is 0 Å². The predicted octanol–water partition coefficient (Wildman–Crippen LogP) is 2.22. The molecule has 0 atom stereocenters. The number of phenols is 1. The van der Waals surface area contributed by atoms with E-state index in [1.54, 1.807) is 30.3 Å². The van der Waals surface area contributed by atoms with Crippen LogP contribution in [0.15, 0.2) is 48.5 Å². The average Bonchev–Trinajstić information content (AvgIpc) is 2.49. The molecule has 0 fully saturated rings. The van der Waals surface area contributed by atoms with Crippen molar-refractivity contribution in [2.75, 3.05) is 5.32 Å². The van der Waals surface area contributed by atoms with Crippen LogP contribution in [0.25, 0.3) is 0 Å². The van der Waals surface area contributed by atoms with Crippen molar-refractivity contribution in [1.82, 2.24) is 5.32 Å². The van der Waals surface area contributed by atoms with Crippen LogP contribution in [0.5, 0.6) is 5.75 Å². The van der Waals surface area contributed by atoms with Crippen LogP contribution in [0.1, 0.15) is 20.7 Å². The molecule has 0 bridgehead atoms. The first kappa shape index (κ1) is 15.5. The van der Waals surface area contributed by atoms with Crippen molar-refractivity contribution in [2.24, 2.45) is 0 Å². The van der Waals surface area contributed by atoms with Gasteiger partial charge in [-0.1, -0.05) is 18.2 Å². The van der Waals surface area contributed by atoms with E-state index in [1.165, 1.54) is 18.2 Å². The Bertz CT molecular complexity index is 732. The molecule has 0 radical (unpaired) electrons. The molecule has 6 nitrogen and oxygen atoms in total. The fraction of sp³-hybridized carbons (Fsp3) is 0. The molecular weight excluding hydrogens is 304 g/mol. The summed E-state index contributed by atoms with van der Waals surface area (Å²) in [6.45, 7) is 0. The van der Waals surface area contributed by atoms with Crippen LogP contribution in [-0.2, 0) is 0 Å². The number of anilines is 1. The summed E-state index contributed by atoms with van der Waals surface area (Å²) in [5.74, 6) is -1.99. The van der Waals surface area contributed by atoms with E-state index in [4.69, 9.17) is 17.3 Å². The van der Waals surface area contributed by atoms with Crippen LogP contribution in [0.2, 0.25) is 0 Å². The maximum atomic E-state index is 11.9. The predicted molar refractivity (Wildman–Crippen MR) is 85.2 cm³/mol. The minimum Gasteiger partial charge on any atom is -0.507 e. The normalized spacial score (nSPS) is 9.82. The fourth-order valence-electron chi connectivity index (χ4n) is 1.71. The molecule has 0 aromatic heterocycles. The highest BCUT2D eigenvalue weighted by Crippen LogP contribution is 2.21. The van der Waals surface area contributed by atoms with Gasteiger partial charge in [0.25, 0.3) is 5.91 Å². The van der Waals surface area contributed by atoms with Gasteiger partial charge in [0.15, 0.2) is 5.11 Å². The standard InChI is InChI=1S/C15H12N2O4S/c18-12-7-6-10(8-11(12)14(20)21)16-15(22)17-13(19)9-4-2-1-3-5-9/h1-8,18H,(H,20,21)(H2,16,17,19,22). The monoisotopic (exact) mass is 316 g/mol. The van der Waals surface area contributed by atoms with E-state index < -0.39 is 5.97 Å². The summed E-state index contributed by atoms with van der Waals surface area (Å²) >= 11 is 5.00. The number of carbonyl (C=O) groups excluding carboxylic acids is 1. The summed E-state index contributed by atoms with van der Waals surface area (Å²) in [6.07, 6.45) is 0. The van der Waals surface area contributed by atoms with Crippen molar-refractivity contribution in [2.45, 2.75) is 0 Å². The number of nitrogens with one attached hydrogen (secondary N) is 2. The molecule has 4 N–H and O–H groups in total. The summed E-state index contributed by atoms with van der Waals surface area (Å²) < 4.78 is 0.